The number of allylic oxidation sites excluding steroid dienone is 1. The second-order valence-corrected chi connectivity index (χ2v) is 12.1. The molecule has 0 radical (unpaired) electrons. The third-order valence-electron chi connectivity index (χ3n) is 8.47. The Morgan fingerprint density at radius 3 is 2.75 bits per heavy atom. The molecule has 13 heteroatoms. The molecular formula is C31H38F2N4O7. The van der Waals surface area contributed by atoms with Gasteiger partial charge in [-0.3, -0.25) is 9.59 Å². The molecule has 4 heterocycles. The maximum absolute atomic E-state index is 14.2. The summed E-state index contributed by atoms with van der Waals surface area (Å²) in [4.78, 5) is 49.0. The molecule has 5 rings (SSSR count). The van der Waals surface area contributed by atoms with Crippen LogP contribution in [-0.2, 0) is 35.2 Å². The molecular weight excluding hydrogens is 578 g/mol. The van der Waals surface area contributed by atoms with Crippen LogP contribution in [0.4, 0.5) is 13.6 Å². The lowest BCUT2D eigenvalue weighted by atomic mass is 9.83. The molecule has 2 fully saturated rings. The molecule has 4 aliphatic heterocycles. The Balaban J connectivity index is 1.41. The van der Waals surface area contributed by atoms with Crippen molar-refractivity contribution >= 4 is 23.7 Å². The number of hydrogen-bond donors (Lipinski definition) is 1. The molecule has 2 bridgehead atoms. The monoisotopic (exact) mass is 616 g/mol. The molecule has 1 N–H and O–H groups in total. The quantitative estimate of drug-likeness (QED) is 0.319. The molecule has 238 valence electrons. The van der Waals surface area contributed by atoms with E-state index in [2.05, 4.69) is 10.5 Å². The molecule has 3 atom stereocenters. The van der Waals surface area contributed by atoms with E-state index in [0.29, 0.717) is 38.1 Å². The summed E-state index contributed by atoms with van der Waals surface area (Å²) in [5.74, 6) is -1.83. The highest BCUT2D eigenvalue weighted by Gasteiger charge is 2.56. The summed E-state index contributed by atoms with van der Waals surface area (Å²) in [7, 11) is 0. The predicted molar refractivity (Wildman–Crippen MR) is 153 cm³/mol. The van der Waals surface area contributed by atoms with Crippen molar-refractivity contribution in [3.8, 4) is 0 Å². The van der Waals surface area contributed by atoms with Gasteiger partial charge in [0.1, 0.15) is 23.1 Å². The van der Waals surface area contributed by atoms with Crippen molar-refractivity contribution in [2.75, 3.05) is 19.9 Å². The molecule has 0 aromatic heterocycles. The highest BCUT2D eigenvalue weighted by Crippen LogP contribution is 2.45. The molecule has 2 amide bonds. The Morgan fingerprint density at radius 2 is 2.05 bits per heavy atom. The fourth-order valence-electron chi connectivity index (χ4n) is 5.98. The number of fused-ring (bicyclic) bond motifs is 5. The van der Waals surface area contributed by atoms with Crippen LogP contribution in [0.25, 0.3) is 0 Å². The topological polar surface area (TPSA) is 119 Å². The van der Waals surface area contributed by atoms with Crippen molar-refractivity contribution in [3.63, 3.8) is 0 Å². The van der Waals surface area contributed by atoms with Gasteiger partial charge in [-0.1, -0.05) is 25.1 Å². The van der Waals surface area contributed by atoms with Crippen LogP contribution in [0.5, 0.6) is 0 Å². The van der Waals surface area contributed by atoms with Crippen LogP contribution < -0.4 is 5.32 Å². The van der Waals surface area contributed by atoms with Crippen LogP contribution in [0, 0.1) is 17.6 Å². The van der Waals surface area contributed by atoms with E-state index >= 15 is 0 Å². The van der Waals surface area contributed by atoms with E-state index in [1.807, 2.05) is 27.7 Å². The smallest absolute Gasteiger partial charge is 0.459 e. The van der Waals surface area contributed by atoms with Crippen molar-refractivity contribution in [3.05, 3.63) is 58.6 Å². The summed E-state index contributed by atoms with van der Waals surface area (Å²) in [6.07, 6.45) is 3.14. The number of carbonyl (C=O) groups is 3. The first-order valence-corrected chi connectivity index (χ1v) is 14.9. The van der Waals surface area contributed by atoms with Gasteiger partial charge in [0.25, 0.3) is 5.91 Å². The number of benzene rings is 1. The first-order chi connectivity index (χ1) is 21.0. The molecule has 11 nitrogen and oxygen atoms in total. The van der Waals surface area contributed by atoms with E-state index in [9.17, 15) is 23.2 Å². The van der Waals surface area contributed by atoms with Gasteiger partial charge in [0.05, 0.1) is 18.4 Å². The number of amides is 2. The number of carbonyl (C=O) groups excluding carboxylic acids is 3. The second kappa shape index (κ2) is 12.8. The maximum atomic E-state index is 14.2. The molecule has 4 aliphatic rings. The minimum Gasteiger partial charge on any atom is -0.459 e. The van der Waals surface area contributed by atoms with Gasteiger partial charge in [-0.05, 0) is 45.1 Å². The van der Waals surface area contributed by atoms with E-state index in [-0.39, 0.29) is 54.1 Å². The summed E-state index contributed by atoms with van der Waals surface area (Å²) in [5, 5.41) is 6.92. The Kier molecular flexibility index (Phi) is 9.12. The molecule has 44 heavy (non-hydrogen) atoms. The van der Waals surface area contributed by atoms with Crippen LogP contribution in [0.1, 0.15) is 65.4 Å². The molecule has 1 aromatic rings. The molecule has 0 saturated carbocycles. The van der Waals surface area contributed by atoms with Crippen LogP contribution in [0.3, 0.4) is 0 Å². The van der Waals surface area contributed by atoms with Crippen molar-refractivity contribution in [2.45, 2.75) is 84.0 Å². The highest BCUT2D eigenvalue weighted by atomic mass is 19.1. The van der Waals surface area contributed by atoms with E-state index in [1.54, 1.807) is 16.0 Å². The van der Waals surface area contributed by atoms with Crippen molar-refractivity contribution < 1.29 is 42.2 Å². The van der Waals surface area contributed by atoms with Crippen LogP contribution in [0.15, 0.2) is 46.6 Å². The summed E-state index contributed by atoms with van der Waals surface area (Å²) in [6, 6.07) is 2.64. The zero-order valence-electron chi connectivity index (χ0n) is 25.4. The number of ether oxygens (including phenoxy) is 3. The standard InChI is InChI=1S/C31H38F2N4O7/c1-18(2)8-10-41-30(40)43-17-42-25-11-22(28(38)34-14-21-5-6-23(32)12-24(21)33)15-37-26-16-36(29(39)27(25)37)20(4)7-9-31(26)13-19(3)35-44-31/h5-6,12,15,18,20,26H,7-11,13-14,16-17H2,1-4H3,(H,34,38)/t20-,26+,31-/m0/s1. The van der Waals surface area contributed by atoms with Gasteiger partial charge in [-0.2, -0.15) is 0 Å². The van der Waals surface area contributed by atoms with Gasteiger partial charge < -0.3 is 34.2 Å². The van der Waals surface area contributed by atoms with Crippen LogP contribution >= 0.6 is 0 Å². The summed E-state index contributed by atoms with van der Waals surface area (Å²) < 4.78 is 43.7. The van der Waals surface area contributed by atoms with E-state index < -0.39 is 42.1 Å². The van der Waals surface area contributed by atoms with E-state index in [0.717, 1.165) is 17.8 Å². The first-order valence-electron chi connectivity index (χ1n) is 14.9. The Morgan fingerprint density at radius 1 is 1.25 bits per heavy atom. The summed E-state index contributed by atoms with van der Waals surface area (Å²) in [6.45, 7) is 7.67. The van der Waals surface area contributed by atoms with Gasteiger partial charge in [0.2, 0.25) is 12.7 Å². The second-order valence-electron chi connectivity index (χ2n) is 12.1. The summed E-state index contributed by atoms with van der Waals surface area (Å²) >= 11 is 0. The van der Waals surface area contributed by atoms with E-state index in [4.69, 9.17) is 19.0 Å². The van der Waals surface area contributed by atoms with Crippen LogP contribution in [-0.4, -0.2) is 71.1 Å². The van der Waals surface area contributed by atoms with Gasteiger partial charge >= 0.3 is 6.16 Å². The lowest BCUT2D eigenvalue weighted by Crippen LogP contribution is -2.62. The Labute approximate surface area is 254 Å². The van der Waals surface area contributed by atoms with Gasteiger partial charge in [-0.25, -0.2) is 13.6 Å². The fraction of sp³-hybridized carbons (Fsp3) is 0.548. The Hall–Kier alpha value is -4.16. The average Bonchev–Trinajstić information content (AvgIpc) is 3.30. The average molecular weight is 617 g/mol. The minimum atomic E-state index is -0.911. The largest absolute Gasteiger partial charge is 0.511 e. The molecule has 0 unspecified atom stereocenters. The van der Waals surface area contributed by atoms with Crippen LogP contribution in [0.2, 0.25) is 0 Å². The first kappa shape index (κ1) is 31.3. The zero-order chi connectivity index (χ0) is 31.6. The summed E-state index contributed by atoms with van der Waals surface area (Å²) in [5.41, 5.74) is 0.652. The molecule has 2 saturated heterocycles. The third-order valence-corrected chi connectivity index (χ3v) is 8.47. The predicted octanol–water partition coefficient (Wildman–Crippen LogP) is 4.48. The number of nitrogens with zero attached hydrogens (tertiary/aromatic N) is 3. The van der Waals surface area contributed by atoms with Crippen molar-refractivity contribution in [2.24, 2.45) is 11.1 Å². The normalized spacial score (nSPS) is 24.4. The Bertz CT molecular complexity index is 1410. The van der Waals surface area contributed by atoms with E-state index in [1.165, 1.54) is 6.07 Å². The lowest BCUT2D eigenvalue weighted by molar-refractivity contribution is -0.140. The molecule has 1 spiro atoms. The number of nitrogens with one attached hydrogen (secondary N) is 1. The van der Waals surface area contributed by atoms with Crippen molar-refractivity contribution in [1.29, 1.82) is 0 Å². The fourth-order valence-corrected chi connectivity index (χ4v) is 5.98. The number of piperazine rings is 1. The molecule has 0 aliphatic carbocycles. The zero-order valence-corrected chi connectivity index (χ0v) is 25.4. The van der Waals surface area contributed by atoms with Gasteiger partial charge in [0, 0.05) is 55.4 Å². The number of hydrogen-bond acceptors (Lipinski definition) is 9. The minimum absolute atomic E-state index is 0.0868. The SMILES string of the molecule is CC1=NO[C@@]2(CC[C@H](C)N3C[C@H]2N2C=C(C(=O)NCc4ccc(F)cc4F)CC(OCOC(=O)OCCC(C)C)=C2C3=O)C1. The molecule has 1 aromatic carbocycles. The van der Waals surface area contributed by atoms with Gasteiger partial charge in [0.15, 0.2) is 5.60 Å². The lowest BCUT2D eigenvalue weighted by Gasteiger charge is -2.48. The number of halogens is 2. The highest BCUT2D eigenvalue weighted by molar-refractivity contribution is 5.99. The third kappa shape index (κ3) is 6.51. The number of oxime groups is 1. The maximum Gasteiger partial charge on any atom is 0.511 e. The van der Waals surface area contributed by atoms with Crippen molar-refractivity contribution in [1.82, 2.24) is 15.1 Å². The number of rotatable bonds is 9. The van der Waals surface area contributed by atoms with Gasteiger partial charge in [-0.15, -0.1) is 0 Å².